The van der Waals surface area contributed by atoms with Crippen molar-refractivity contribution in [3.05, 3.63) is 47.0 Å². The first-order valence-corrected chi connectivity index (χ1v) is 8.84. The first-order valence-electron chi connectivity index (χ1n) is 8.84. The molecule has 146 valence electrons. The van der Waals surface area contributed by atoms with Gasteiger partial charge in [0, 0.05) is 11.6 Å². The van der Waals surface area contributed by atoms with Crippen molar-refractivity contribution in [2.24, 2.45) is 0 Å². The molecule has 0 radical (unpaired) electrons. The van der Waals surface area contributed by atoms with Crippen LogP contribution in [-0.2, 0) is 11.8 Å². The van der Waals surface area contributed by atoms with Crippen LogP contribution in [-0.4, -0.2) is 33.0 Å². The first-order chi connectivity index (χ1) is 12.6. The van der Waals surface area contributed by atoms with Crippen molar-refractivity contribution in [3.8, 4) is 23.0 Å². The number of unbranched alkanes of at least 4 members (excludes halogenated alkanes) is 1. The van der Waals surface area contributed by atoms with Gasteiger partial charge >= 0.3 is 5.97 Å². The van der Waals surface area contributed by atoms with Crippen LogP contribution >= 0.6 is 0 Å². The number of hydrogen-bond donors (Lipinski definition) is 4. The van der Waals surface area contributed by atoms with Gasteiger partial charge in [-0.15, -0.1) is 0 Å². The molecule has 6 heteroatoms. The maximum Gasteiger partial charge on any atom is 0.339 e. The molecule has 0 aliphatic carbocycles. The first kappa shape index (κ1) is 20.4. The van der Waals surface area contributed by atoms with E-state index in [4.69, 9.17) is 9.84 Å². The second-order valence-electron chi connectivity index (χ2n) is 7.55. The number of aromatic carboxylic acids is 1. The number of carbonyl (C=O) groups is 1. The summed E-state index contributed by atoms with van der Waals surface area (Å²) < 4.78 is 5.54. The molecule has 0 unspecified atom stereocenters. The topological polar surface area (TPSA) is 107 Å². The van der Waals surface area contributed by atoms with E-state index in [1.807, 2.05) is 26.8 Å². The van der Waals surface area contributed by atoms with Crippen LogP contribution in [0, 0.1) is 0 Å². The van der Waals surface area contributed by atoms with Gasteiger partial charge in [0.2, 0.25) is 0 Å². The summed E-state index contributed by atoms with van der Waals surface area (Å²) in [7, 11) is 0. The van der Waals surface area contributed by atoms with E-state index in [9.17, 15) is 20.1 Å². The Kier molecular flexibility index (Phi) is 6.20. The number of ether oxygens (including phenoxy) is 1. The average Bonchev–Trinajstić information content (AvgIpc) is 2.56. The van der Waals surface area contributed by atoms with Crippen molar-refractivity contribution in [3.63, 3.8) is 0 Å². The minimum atomic E-state index is -1.19. The van der Waals surface area contributed by atoms with E-state index in [-0.39, 0.29) is 28.2 Å². The van der Waals surface area contributed by atoms with Crippen molar-refractivity contribution >= 4 is 5.97 Å². The van der Waals surface area contributed by atoms with Crippen molar-refractivity contribution in [1.29, 1.82) is 0 Å². The van der Waals surface area contributed by atoms with Gasteiger partial charge in [-0.3, -0.25) is 0 Å². The third-order valence-electron chi connectivity index (χ3n) is 4.29. The summed E-state index contributed by atoms with van der Waals surface area (Å²) >= 11 is 0. The van der Waals surface area contributed by atoms with Gasteiger partial charge in [0.15, 0.2) is 11.5 Å². The number of phenolic OH excluding ortho intramolecular Hbond substituents is 2. The van der Waals surface area contributed by atoms with Crippen LogP contribution in [0.4, 0.5) is 0 Å². The molecule has 4 N–H and O–H groups in total. The average molecular weight is 374 g/mol. The molecular formula is C21H26O6. The number of carboxylic acids is 1. The minimum Gasteiger partial charge on any atom is -0.507 e. The van der Waals surface area contributed by atoms with Crippen molar-refractivity contribution in [2.45, 2.75) is 45.4 Å². The molecule has 0 saturated carbocycles. The number of phenols is 3. The normalized spacial score (nSPS) is 11.4. The third kappa shape index (κ3) is 5.29. The lowest BCUT2D eigenvalue weighted by molar-refractivity contribution is 0.0693. The summed E-state index contributed by atoms with van der Waals surface area (Å²) in [5.41, 5.74) is 1.22. The van der Waals surface area contributed by atoms with Gasteiger partial charge in [-0.05, 0) is 48.4 Å². The maximum absolute atomic E-state index is 10.9. The highest BCUT2D eigenvalue weighted by Crippen LogP contribution is 2.38. The Morgan fingerprint density at radius 3 is 2.30 bits per heavy atom. The summed E-state index contributed by atoms with van der Waals surface area (Å²) in [6, 6.07) is 7.60. The van der Waals surface area contributed by atoms with E-state index < -0.39 is 5.97 Å². The molecule has 27 heavy (non-hydrogen) atoms. The Morgan fingerprint density at radius 1 is 1.00 bits per heavy atom. The van der Waals surface area contributed by atoms with Gasteiger partial charge in [-0.1, -0.05) is 26.8 Å². The maximum atomic E-state index is 10.9. The Morgan fingerprint density at radius 2 is 1.70 bits per heavy atom. The molecule has 0 atom stereocenters. The van der Waals surface area contributed by atoms with E-state index in [0.29, 0.717) is 17.9 Å². The molecule has 6 nitrogen and oxygen atoms in total. The molecule has 0 aromatic heterocycles. The highest BCUT2D eigenvalue weighted by Gasteiger charge is 2.21. The van der Waals surface area contributed by atoms with E-state index in [2.05, 4.69) is 0 Å². The summed E-state index contributed by atoms with van der Waals surface area (Å²) in [6.07, 6.45) is 2.28. The molecular weight excluding hydrogens is 348 g/mol. The molecule has 2 aromatic carbocycles. The van der Waals surface area contributed by atoms with Gasteiger partial charge < -0.3 is 25.2 Å². The highest BCUT2D eigenvalue weighted by atomic mass is 16.5. The number of hydrogen-bond acceptors (Lipinski definition) is 5. The monoisotopic (exact) mass is 374 g/mol. The zero-order valence-electron chi connectivity index (χ0n) is 15.8. The summed E-state index contributed by atoms with van der Waals surface area (Å²) in [6.45, 7) is 6.35. The number of carboxylic acid groups (broad SMARTS) is 1. The number of aryl methyl sites for hydroxylation is 1. The predicted octanol–water partition coefficient (Wildman–Crippen LogP) is 4.20. The smallest absolute Gasteiger partial charge is 0.339 e. The fraction of sp³-hybridized carbons (Fsp3) is 0.381. The molecule has 0 saturated heterocycles. The van der Waals surface area contributed by atoms with Crippen LogP contribution in [0.5, 0.6) is 23.0 Å². The van der Waals surface area contributed by atoms with Crippen LogP contribution in [0.2, 0.25) is 0 Å². The Labute approximate surface area is 158 Å². The number of benzene rings is 2. The van der Waals surface area contributed by atoms with E-state index in [1.165, 1.54) is 18.2 Å². The summed E-state index contributed by atoms with van der Waals surface area (Å²) in [5, 5.41) is 38.5. The minimum absolute atomic E-state index is 0.0702. The Balaban J connectivity index is 1.88. The summed E-state index contributed by atoms with van der Waals surface area (Å²) in [4.78, 5) is 10.9. The number of aromatic hydroxyl groups is 3. The second kappa shape index (κ2) is 8.20. The quantitative estimate of drug-likeness (QED) is 0.427. The van der Waals surface area contributed by atoms with Crippen LogP contribution in [0.15, 0.2) is 30.3 Å². The van der Waals surface area contributed by atoms with E-state index >= 15 is 0 Å². The number of rotatable bonds is 7. The van der Waals surface area contributed by atoms with Crippen LogP contribution < -0.4 is 4.74 Å². The molecule has 0 aliphatic heterocycles. The Bertz CT molecular complexity index is 820. The third-order valence-corrected chi connectivity index (χ3v) is 4.29. The molecule has 2 aromatic rings. The SMILES string of the molecule is CC(C)(C)c1cc(CCCCOc2ccc(C(=O)O)c(O)c2)cc(O)c1O. The fourth-order valence-corrected chi connectivity index (χ4v) is 2.80. The van der Waals surface area contributed by atoms with Gasteiger partial charge in [0.05, 0.1) is 6.61 Å². The van der Waals surface area contributed by atoms with Crippen LogP contribution in [0.25, 0.3) is 0 Å². The van der Waals surface area contributed by atoms with Gasteiger partial charge in [-0.25, -0.2) is 4.79 Å². The Hall–Kier alpha value is -2.89. The lowest BCUT2D eigenvalue weighted by Gasteiger charge is -2.22. The zero-order chi connectivity index (χ0) is 20.2. The van der Waals surface area contributed by atoms with Gasteiger partial charge in [0.1, 0.15) is 17.1 Å². The molecule has 0 bridgehead atoms. The largest absolute Gasteiger partial charge is 0.507 e. The predicted molar refractivity (Wildman–Crippen MR) is 102 cm³/mol. The molecule has 0 spiro atoms. The van der Waals surface area contributed by atoms with Gasteiger partial charge in [-0.2, -0.15) is 0 Å². The molecule has 0 heterocycles. The second-order valence-corrected chi connectivity index (χ2v) is 7.55. The molecule has 2 rings (SSSR count). The van der Waals surface area contributed by atoms with Gasteiger partial charge in [0.25, 0.3) is 0 Å². The standard InChI is InChI=1S/C21H26O6/c1-21(2,3)16-10-13(11-18(23)19(16)24)6-4-5-9-27-14-7-8-15(20(25)26)17(22)12-14/h7-8,10-12,22-24H,4-6,9H2,1-3H3,(H,25,26). The van der Waals surface area contributed by atoms with E-state index in [1.54, 1.807) is 6.07 Å². The van der Waals surface area contributed by atoms with Crippen molar-refractivity contribution in [2.75, 3.05) is 6.61 Å². The fourth-order valence-electron chi connectivity index (χ4n) is 2.80. The molecule has 0 aliphatic rings. The summed E-state index contributed by atoms with van der Waals surface area (Å²) in [5.74, 6) is -1.28. The van der Waals surface area contributed by atoms with Crippen LogP contribution in [0.3, 0.4) is 0 Å². The molecule has 0 amide bonds. The van der Waals surface area contributed by atoms with Crippen molar-refractivity contribution < 1.29 is 30.0 Å². The zero-order valence-corrected chi connectivity index (χ0v) is 15.8. The lowest BCUT2D eigenvalue weighted by Crippen LogP contribution is -2.12. The molecule has 0 fully saturated rings. The van der Waals surface area contributed by atoms with Crippen molar-refractivity contribution in [1.82, 2.24) is 0 Å². The lowest BCUT2D eigenvalue weighted by atomic mass is 9.84. The van der Waals surface area contributed by atoms with Crippen LogP contribution in [0.1, 0.15) is 55.1 Å². The highest BCUT2D eigenvalue weighted by molar-refractivity contribution is 5.90. The van der Waals surface area contributed by atoms with E-state index in [0.717, 1.165) is 24.8 Å².